The Morgan fingerprint density at radius 2 is 2.50 bits per heavy atom. The molecule has 0 aromatic carbocycles. The van der Waals surface area contributed by atoms with Gasteiger partial charge in [-0.05, 0) is 18.6 Å². The predicted octanol–water partition coefficient (Wildman–Crippen LogP) is 0.336. The van der Waals surface area contributed by atoms with E-state index in [9.17, 15) is 0 Å². The minimum atomic E-state index is 0.769. The average Bonchev–Trinajstić information content (AvgIpc) is 1.64. The average molecular weight is 110 g/mol. The molecule has 0 saturated heterocycles. The van der Waals surface area contributed by atoms with Gasteiger partial charge in [0, 0.05) is 6.54 Å². The lowest BCUT2D eigenvalue weighted by atomic mass is 10.2. The summed E-state index contributed by atoms with van der Waals surface area (Å²) in [6, 6.07) is 0. The van der Waals surface area contributed by atoms with Gasteiger partial charge in [0.05, 0.1) is 5.82 Å². The number of nitrogens with two attached hydrogens (primary N) is 1. The summed E-state index contributed by atoms with van der Waals surface area (Å²) in [4.78, 5) is 0. The third-order valence-electron chi connectivity index (χ3n) is 1.11. The molecular weight excluding hydrogens is 100 g/mol. The molecule has 44 valence electrons. The lowest BCUT2D eigenvalue weighted by Gasteiger charge is -2.08. The van der Waals surface area contributed by atoms with Crippen LogP contribution in [0.25, 0.3) is 0 Å². The number of dihydropyridines is 1. The molecule has 0 spiro atoms. The largest absolute Gasteiger partial charge is 0.386 e. The second-order valence-electron chi connectivity index (χ2n) is 1.93. The molecule has 1 aliphatic rings. The molecule has 0 unspecified atom stereocenters. The normalized spacial score (nSPS) is 18.6. The Morgan fingerprint density at radius 1 is 1.75 bits per heavy atom. The number of hydrogen-bond donors (Lipinski definition) is 2. The molecule has 0 aromatic heterocycles. The molecular formula is C6H10N2. The molecule has 2 nitrogen and oxygen atoms in total. The zero-order valence-electron chi connectivity index (χ0n) is 4.94. The van der Waals surface area contributed by atoms with E-state index in [4.69, 9.17) is 5.73 Å². The quantitative estimate of drug-likeness (QED) is 0.471. The molecule has 1 heterocycles. The van der Waals surface area contributed by atoms with Gasteiger partial charge in [0.25, 0.3) is 0 Å². The van der Waals surface area contributed by atoms with Crippen LogP contribution < -0.4 is 11.1 Å². The van der Waals surface area contributed by atoms with Crippen LogP contribution in [0.2, 0.25) is 0 Å². The van der Waals surface area contributed by atoms with Gasteiger partial charge < -0.3 is 11.1 Å². The van der Waals surface area contributed by atoms with Crippen molar-refractivity contribution in [3.63, 3.8) is 0 Å². The van der Waals surface area contributed by atoms with E-state index >= 15 is 0 Å². The monoisotopic (exact) mass is 110 g/mol. The van der Waals surface area contributed by atoms with Crippen molar-refractivity contribution >= 4 is 0 Å². The van der Waals surface area contributed by atoms with Gasteiger partial charge in [-0.25, -0.2) is 0 Å². The van der Waals surface area contributed by atoms with Crippen LogP contribution in [-0.4, -0.2) is 6.54 Å². The number of nitrogens with one attached hydrogen (secondary N) is 1. The fourth-order valence-electron chi connectivity index (χ4n) is 0.685. The summed E-state index contributed by atoms with van der Waals surface area (Å²) in [7, 11) is 0. The summed E-state index contributed by atoms with van der Waals surface area (Å²) in [5, 5.41) is 2.97. The highest BCUT2D eigenvalue weighted by atomic mass is 15.0. The molecule has 0 bridgehead atoms. The van der Waals surface area contributed by atoms with Gasteiger partial charge in [0.2, 0.25) is 0 Å². The standard InChI is InChI=1S/C6H10N2/c1-5-2-3-8-6(7)4-5/h2,4,8H,3,7H2,1H3. The van der Waals surface area contributed by atoms with Crippen LogP contribution in [-0.2, 0) is 0 Å². The Bertz CT molecular complexity index is 145. The van der Waals surface area contributed by atoms with E-state index in [1.165, 1.54) is 5.57 Å². The summed E-state index contributed by atoms with van der Waals surface area (Å²) in [6.07, 6.45) is 4.01. The van der Waals surface area contributed by atoms with Crippen molar-refractivity contribution in [3.05, 3.63) is 23.5 Å². The Balaban J connectivity index is 2.69. The third-order valence-corrected chi connectivity index (χ3v) is 1.11. The predicted molar refractivity (Wildman–Crippen MR) is 34.0 cm³/mol. The Morgan fingerprint density at radius 3 is 2.88 bits per heavy atom. The molecule has 0 fully saturated rings. The molecule has 0 saturated carbocycles. The van der Waals surface area contributed by atoms with Gasteiger partial charge in [-0.2, -0.15) is 0 Å². The second-order valence-corrected chi connectivity index (χ2v) is 1.93. The fourth-order valence-corrected chi connectivity index (χ4v) is 0.685. The minimum Gasteiger partial charge on any atom is -0.386 e. The zero-order valence-corrected chi connectivity index (χ0v) is 4.94. The van der Waals surface area contributed by atoms with Gasteiger partial charge in [0.1, 0.15) is 0 Å². The van der Waals surface area contributed by atoms with Gasteiger partial charge >= 0.3 is 0 Å². The van der Waals surface area contributed by atoms with E-state index < -0.39 is 0 Å². The van der Waals surface area contributed by atoms with Gasteiger partial charge in [-0.3, -0.25) is 0 Å². The van der Waals surface area contributed by atoms with E-state index in [0.29, 0.717) is 0 Å². The van der Waals surface area contributed by atoms with Crippen LogP contribution in [0.3, 0.4) is 0 Å². The molecule has 0 aromatic rings. The molecule has 3 N–H and O–H groups in total. The van der Waals surface area contributed by atoms with Crippen LogP contribution in [0.4, 0.5) is 0 Å². The van der Waals surface area contributed by atoms with Gasteiger partial charge in [-0.1, -0.05) is 6.08 Å². The highest BCUT2D eigenvalue weighted by Crippen LogP contribution is 1.98. The van der Waals surface area contributed by atoms with Crippen LogP contribution in [0.1, 0.15) is 6.92 Å². The van der Waals surface area contributed by atoms with Crippen molar-refractivity contribution in [2.24, 2.45) is 5.73 Å². The first-order valence-electron chi connectivity index (χ1n) is 2.67. The molecule has 0 amide bonds. The van der Waals surface area contributed by atoms with Crippen molar-refractivity contribution in [1.29, 1.82) is 0 Å². The molecule has 8 heavy (non-hydrogen) atoms. The highest BCUT2D eigenvalue weighted by Gasteiger charge is 1.93. The summed E-state index contributed by atoms with van der Waals surface area (Å²) in [5.74, 6) is 0.769. The lowest BCUT2D eigenvalue weighted by molar-refractivity contribution is 0.863. The first kappa shape index (κ1) is 5.22. The van der Waals surface area contributed by atoms with E-state index in [0.717, 1.165) is 12.4 Å². The van der Waals surface area contributed by atoms with E-state index in [1.54, 1.807) is 0 Å². The maximum Gasteiger partial charge on any atom is 0.0965 e. The van der Waals surface area contributed by atoms with Crippen molar-refractivity contribution < 1.29 is 0 Å². The maximum absolute atomic E-state index is 5.43. The topological polar surface area (TPSA) is 38.0 Å². The fraction of sp³-hybridized carbons (Fsp3) is 0.333. The van der Waals surface area contributed by atoms with Gasteiger partial charge in [-0.15, -0.1) is 0 Å². The molecule has 0 atom stereocenters. The van der Waals surface area contributed by atoms with Crippen LogP contribution in [0.5, 0.6) is 0 Å². The first-order chi connectivity index (χ1) is 3.79. The SMILES string of the molecule is CC1=CCNC(N)=C1. The summed E-state index contributed by atoms with van der Waals surface area (Å²) >= 11 is 0. The molecule has 0 aliphatic carbocycles. The molecule has 0 radical (unpaired) electrons. The number of rotatable bonds is 0. The highest BCUT2D eigenvalue weighted by molar-refractivity contribution is 5.23. The first-order valence-corrected chi connectivity index (χ1v) is 2.67. The summed E-state index contributed by atoms with van der Waals surface area (Å²) in [5.41, 5.74) is 6.67. The third kappa shape index (κ3) is 1.03. The van der Waals surface area contributed by atoms with Crippen LogP contribution >= 0.6 is 0 Å². The lowest BCUT2D eigenvalue weighted by Crippen LogP contribution is -2.22. The number of allylic oxidation sites excluding steroid dienone is 2. The van der Waals surface area contributed by atoms with Crippen LogP contribution in [0, 0.1) is 0 Å². The van der Waals surface area contributed by atoms with Crippen molar-refractivity contribution in [2.45, 2.75) is 6.92 Å². The number of hydrogen-bond acceptors (Lipinski definition) is 2. The minimum absolute atomic E-state index is 0.769. The van der Waals surface area contributed by atoms with Crippen molar-refractivity contribution in [1.82, 2.24) is 5.32 Å². The maximum atomic E-state index is 5.43. The molecule has 2 heteroatoms. The summed E-state index contributed by atoms with van der Waals surface area (Å²) < 4.78 is 0. The van der Waals surface area contributed by atoms with E-state index in [1.807, 2.05) is 13.0 Å². The smallest absolute Gasteiger partial charge is 0.0965 e. The van der Waals surface area contributed by atoms with Crippen molar-refractivity contribution in [2.75, 3.05) is 6.54 Å². The molecule has 1 rings (SSSR count). The van der Waals surface area contributed by atoms with Gasteiger partial charge in [0.15, 0.2) is 0 Å². The second kappa shape index (κ2) is 1.90. The zero-order chi connectivity index (χ0) is 5.98. The van der Waals surface area contributed by atoms with E-state index in [-0.39, 0.29) is 0 Å². The van der Waals surface area contributed by atoms with E-state index in [2.05, 4.69) is 11.4 Å². The van der Waals surface area contributed by atoms with Crippen molar-refractivity contribution in [3.8, 4) is 0 Å². The van der Waals surface area contributed by atoms with Crippen LogP contribution in [0.15, 0.2) is 23.5 Å². The Labute approximate surface area is 49.1 Å². The Kier molecular flexibility index (Phi) is 1.24. The summed E-state index contributed by atoms with van der Waals surface area (Å²) in [6.45, 7) is 2.90. The Hall–Kier alpha value is -0.920. The molecule has 1 aliphatic heterocycles.